The molecule has 0 bridgehead atoms. The molecule has 0 heterocycles. The molecule has 1 N–H and O–H groups in total. The molecule has 5 heteroatoms. The molecule has 0 fully saturated rings. The highest BCUT2D eigenvalue weighted by molar-refractivity contribution is 9.10. The molecule has 0 aliphatic heterocycles. The van der Waals surface area contributed by atoms with Crippen molar-refractivity contribution in [2.45, 2.75) is 6.54 Å². The van der Waals surface area contributed by atoms with Crippen molar-refractivity contribution in [1.29, 1.82) is 0 Å². The van der Waals surface area contributed by atoms with Crippen LogP contribution in [0.5, 0.6) is 0 Å². The highest BCUT2D eigenvalue weighted by Gasteiger charge is 2.02. The van der Waals surface area contributed by atoms with E-state index in [1.165, 1.54) is 6.07 Å². The number of hydrogen-bond acceptors (Lipinski definition) is 1. The lowest BCUT2D eigenvalue weighted by Crippen LogP contribution is -1.99. The van der Waals surface area contributed by atoms with Gasteiger partial charge in [-0.3, -0.25) is 0 Å². The Labute approximate surface area is 123 Å². The van der Waals surface area contributed by atoms with Crippen molar-refractivity contribution in [1.82, 2.24) is 0 Å². The van der Waals surface area contributed by atoms with Gasteiger partial charge in [0.15, 0.2) is 0 Å². The van der Waals surface area contributed by atoms with Crippen molar-refractivity contribution < 1.29 is 4.39 Å². The van der Waals surface area contributed by atoms with Crippen molar-refractivity contribution in [2.24, 2.45) is 0 Å². The highest BCUT2D eigenvalue weighted by atomic mass is 79.9. The van der Waals surface area contributed by atoms with E-state index in [0.29, 0.717) is 11.6 Å². The van der Waals surface area contributed by atoms with Crippen molar-refractivity contribution in [3.8, 4) is 0 Å². The third-order valence-corrected chi connectivity index (χ3v) is 3.92. The lowest BCUT2D eigenvalue weighted by atomic mass is 10.2. The molecule has 2 rings (SSSR count). The van der Waals surface area contributed by atoms with Gasteiger partial charge in [-0.25, -0.2) is 4.39 Å². The molecule has 0 atom stereocenters. The number of halogens is 4. The predicted molar refractivity (Wildman–Crippen MR) is 77.9 cm³/mol. The van der Waals surface area contributed by atoms with Crippen LogP contribution in [0.3, 0.4) is 0 Å². The standard InChI is InChI=1S/C13H9BrCl2FN/c14-10-3-1-8(5-11(10)15)7-18-9-2-4-13(17)12(16)6-9/h1-6,18H,7H2. The van der Waals surface area contributed by atoms with Gasteiger partial charge in [0.25, 0.3) is 0 Å². The summed E-state index contributed by atoms with van der Waals surface area (Å²) in [6.45, 7) is 0.592. The van der Waals surface area contributed by atoms with E-state index in [4.69, 9.17) is 23.2 Å². The molecule has 0 saturated heterocycles. The molecule has 0 saturated carbocycles. The number of anilines is 1. The molecular weight excluding hydrogens is 340 g/mol. The molecule has 0 amide bonds. The van der Waals surface area contributed by atoms with Gasteiger partial charge in [-0.2, -0.15) is 0 Å². The Bertz CT molecular complexity index is 523. The maximum atomic E-state index is 13.0. The Morgan fingerprint density at radius 1 is 1.06 bits per heavy atom. The maximum Gasteiger partial charge on any atom is 0.141 e. The van der Waals surface area contributed by atoms with Crippen LogP contribution < -0.4 is 5.32 Å². The second-order valence-corrected chi connectivity index (χ2v) is 5.40. The third-order valence-electron chi connectivity index (χ3n) is 2.40. The number of nitrogens with one attached hydrogen (secondary N) is 1. The Hall–Kier alpha value is -0.770. The minimum atomic E-state index is -0.422. The smallest absolute Gasteiger partial charge is 0.141 e. The summed E-state index contributed by atoms with van der Waals surface area (Å²) < 4.78 is 13.8. The first-order chi connectivity index (χ1) is 8.56. The van der Waals surface area contributed by atoms with E-state index in [0.717, 1.165) is 15.7 Å². The fourth-order valence-corrected chi connectivity index (χ4v) is 2.09. The van der Waals surface area contributed by atoms with Crippen molar-refractivity contribution in [2.75, 3.05) is 5.32 Å². The molecule has 2 aromatic rings. The first-order valence-electron chi connectivity index (χ1n) is 5.19. The maximum absolute atomic E-state index is 13.0. The zero-order valence-electron chi connectivity index (χ0n) is 9.18. The van der Waals surface area contributed by atoms with Gasteiger partial charge < -0.3 is 5.32 Å². The van der Waals surface area contributed by atoms with Gasteiger partial charge >= 0.3 is 0 Å². The van der Waals surface area contributed by atoms with Gasteiger partial charge in [0.1, 0.15) is 5.82 Å². The Kier molecular flexibility index (Phi) is 4.49. The zero-order chi connectivity index (χ0) is 13.1. The molecule has 94 valence electrons. The molecule has 0 spiro atoms. The average molecular weight is 349 g/mol. The average Bonchev–Trinajstić information content (AvgIpc) is 2.35. The Morgan fingerprint density at radius 2 is 1.83 bits per heavy atom. The van der Waals surface area contributed by atoms with Gasteiger partial charge in [0, 0.05) is 16.7 Å². The van der Waals surface area contributed by atoms with Gasteiger partial charge in [-0.1, -0.05) is 29.3 Å². The van der Waals surface area contributed by atoms with E-state index in [2.05, 4.69) is 21.2 Å². The monoisotopic (exact) mass is 347 g/mol. The largest absolute Gasteiger partial charge is 0.381 e. The molecule has 0 radical (unpaired) electrons. The summed E-state index contributed by atoms with van der Waals surface area (Å²) >= 11 is 15.0. The summed E-state index contributed by atoms with van der Waals surface area (Å²) in [5, 5.41) is 3.91. The lowest BCUT2D eigenvalue weighted by molar-refractivity contribution is 0.628. The lowest BCUT2D eigenvalue weighted by Gasteiger charge is -2.08. The summed E-state index contributed by atoms with van der Waals surface area (Å²) in [4.78, 5) is 0. The zero-order valence-corrected chi connectivity index (χ0v) is 12.3. The van der Waals surface area contributed by atoms with Crippen LogP contribution in [-0.4, -0.2) is 0 Å². The normalized spacial score (nSPS) is 10.4. The quantitative estimate of drug-likeness (QED) is 0.771. The minimum absolute atomic E-state index is 0.105. The first kappa shape index (κ1) is 13.7. The fraction of sp³-hybridized carbons (Fsp3) is 0.0769. The summed E-state index contributed by atoms with van der Waals surface area (Å²) in [6, 6.07) is 10.2. The molecule has 0 aliphatic rings. The summed E-state index contributed by atoms with van der Waals surface area (Å²) in [5.74, 6) is -0.422. The third kappa shape index (κ3) is 3.37. The topological polar surface area (TPSA) is 12.0 Å². The predicted octanol–water partition coefficient (Wildman–Crippen LogP) is 5.51. The Balaban J connectivity index is 2.06. The molecule has 2 aromatic carbocycles. The first-order valence-corrected chi connectivity index (χ1v) is 6.74. The fourth-order valence-electron chi connectivity index (χ4n) is 1.46. The van der Waals surface area contributed by atoms with E-state index in [-0.39, 0.29) is 5.02 Å². The summed E-state index contributed by atoms with van der Waals surface area (Å²) in [7, 11) is 0. The second-order valence-electron chi connectivity index (χ2n) is 3.73. The van der Waals surface area contributed by atoms with Crippen LogP contribution in [0.2, 0.25) is 10.0 Å². The van der Waals surface area contributed by atoms with E-state index in [1.54, 1.807) is 12.1 Å². The van der Waals surface area contributed by atoms with Crippen LogP contribution in [0.25, 0.3) is 0 Å². The number of rotatable bonds is 3. The van der Waals surface area contributed by atoms with Crippen molar-refractivity contribution >= 4 is 44.8 Å². The highest BCUT2D eigenvalue weighted by Crippen LogP contribution is 2.24. The van der Waals surface area contributed by atoms with Crippen LogP contribution in [0.15, 0.2) is 40.9 Å². The molecule has 0 aromatic heterocycles. The van der Waals surface area contributed by atoms with Crippen molar-refractivity contribution in [3.05, 3.63) is 62.3 Å². The van der Waals surface area contributed by atoms with Crippen LogP contribution >= 0.6 is 39.1 Å². The van der Waals surface area contributed by atoms with E-state index in [9.17, 15) is 4.39 Å². The van der Waals surface area contributed by atoms with Gasteiger partial charge in [0.05, 0.1) is 10.0 Å². The molecule has 0 aliphatic carbocycles. The SMILES string of the molecule is Fc1ccc(NCc2ccc(Br)c(Cl)c2)cc1Cl. The van der Waals surface area contributed by atoms with E-state index in [1.807, 2.05) is 18.2 Å². The molecule has 18 heavy (non-hydrogen) atoms. The second kappa shape index (κ2) is 5.91. The van der Waals surface area contributed by atoms with Gasteiger partial charge in [0.2, 0.25) is 0 Å². The minimum Gasteiger partial charge on any atom is -0.381 e. The van der Waals surface area contributed by atoms with Crippen LogP contribution in [-0.2, 0) is 6.54 Å². The molecular formula is C13H9BrCl2FN. The van der Waals surface area contributed by atoms with Crippen LogP contribution in [0, 0.1) is 5.82 Å². The van der Waals surface area contributed by atoms with Crippen LogP contribution in [0.4, 0.5) is 10.1 Å². The van der Waals surface area contributed by atoms with E-state index >= 15 is 0 Å². The summed E-state index contributed by atoms with van der Waals surface area (Å²) in [6.07, 6.45) is 0. The number of hydrogen-bond donors (Lipinski definition) is 1. The van der Waals surface area contributed by atoms with E-state index < -0.39 is 5.82 Å². The summed E-state index contributed by atoms with van der Waals surface area (Å²) in [5.41, 5.74) is 1.80. The van der Waals surface area contributed by atoms with Gasteiger partial charge in [-0.15, -0.1) is 0 Å². The molecule has 1 nitrogen and oxygen atoms in total. The van der Waals surface area contributed by atoms with Crippen LogP contribution in [0.1, 0.15) is 5.56 Å². The van der Waals surface area contributed by atoms with Crippen molar-refractivity contribution in [3.63, 3.8) is 0 Å². The number of benzene rings is 2. The Morgan fingerprint density at radius 3 is 2.50 bits per heavy atom. The molecule has 0 unspecified atom stereocenters. The van der Waals surface area contributed by atoms with Gasteiger partial charge in [-0.05, 0) is 51.8 Å².